The molecule has 0 bridgehead atoms. The van der Waals surface area contributed by atoms with E-state index < -0.39 is 0 Å². The maximum absolute atomic E-state index is 13.3. The molecule has 32 heavy (non-hydrogen) atoms. The molecule has 3 aromatic rings. The van der Waals surface area contributed by atoms with E-state index in [0.717, 1.165) is 67.9 Å². The van der Waals surface area contributed by atoms with Gasteiger partial charge in [0.1, 0.15) is 12.1 Å². The number of carbonyl (C=O) groups excluding carboxylic acids is 1. The fourth-order valence-corrected chi connectivity index (χ4v) is 4.65. The zero-order valence-electron chi connectivity index (χ0n) is 17.8. The van der Waals surface area contributed by atoms with Gasteiger partial charge in [-0.2, -0.15) is 5.10 Å². The minimum absolute atomic E-state index is 0.00560. The molecule has 2 aliphatic heterocycles. The van der Waals surface area contributed by atoms with E-state index in [1.165, 1.54) is 0 Å². The van der Waals surface area contributed by atoms with Gasteiger partial charge in [0.2, 0.25) is 5.91 Å². The zero-order valence-corrected chi connectivity index (χ0v) is 18.6. The third-order valence-corrected chi connectivity index (χ3v) is 6.51. The van der Waals surface area contributed by atoms with Crippen LogP contribution in [0, 0.1) is 5.92 Å². The number of nitrogens with zero attached hydrogens (tertiary/aromatic N) is 7. The van der Waals surface area contributed by atoms with Gasteiger partial charge in [0.25, 0.3) is 0 Å². The fraction of sp³-hybridized carbons (Fsp3) is 0.391. The molecule has 0 N–H and O–H groups in total. The molecule has 5 rings (SSSR count). The number of anilines is 2. The Kier molecular flexibility index (Phi) is 5.94. The molecule has 2 saturated heterocycles. The van der Waals surface area contributed by atoms with Gasteiger partial charge in [-0.1, -0.05) is 11.6 Å². The highest BCUT2D eigenvalue weighted by molar-refractivity contribution is 6.30. The van der Waals surface area contributed by atoms with Crippen molar-refractivity contribution >= 4 is 29.0 Å². The van der Waals surface area contributed by atoms with Gasteiger partial charge >= 0.3 is 0 Å². The SMILES string of the molecule is O=C(C1CCCN(c2cc(-n3cccn3)ncn2)C1)N1CCN(c2ccc(Cl)cc2)CC1. The van der Waals surface area contributed by atoms with E-state index in [2.05, 4.69) is 24.9 Å². The largest absolute Gasteiger partial charge is 0.368 e. The number of rotatable bonds is 4. The highest BCUT2D eigenvalue weighted by Crippen LogP contribution is 2.25. The summed E-state index contributed by atoms with van der Waals surface area (Å²) < 4.78 is 1.72. The van der Waals surface area contributed by atoms with Crippen molar-refractivity contribution < 1.29 is 4.79 Å². The predicted octanol–water partition coefficient (Wildman–Crippen LogP) is 2.88. The van der Waals surface area contributed by atoms with Gasteiger partial charge in [0, 0.05) is 68.4 Å². The van der Waals surface area contributed by atoms with Crippen LogP contribution >= 0.6 is 11.6 Å². The van der Waals surface area contributed by atoms with Gasteiger partial charge in [-0.05, 0) is 43.2 Å². The summed E-state index contributed by atoms with van der Waals surface area (Å²) in [4.78, 5) is 28.6. The molecule has 166 valence electrons. The molecule has 9 heteroatoms. The third kappa shape index (κ3) is 4.41. The van der Waals surface area contributed by atoms with E-state index in [-0.39, 0.29) is 11.8 Å². The normalized spacial score (nSPS) is 19.3. The van der Waals surface area contributed by atoms with Crippen molar-refractivity contribution in [2.24, 2.45) is 5.92 Å². The lowest BCUT2D eigenvalue weighted by Crippen LogP contribution is -2.52. The first kappa shape index (κ1) is 20.8. The second kappa shape index (κ2) is 9.16. The second-order valence-electron chi connectivity index (χ2n) is 8.26. The van der Waals surface area contributed by atoms with Crippen LogP contribution in [0.4, 0.5) is 11.5 Å². The van der Waals surface area contributed by atoms with E-state index in [4.69, 9.17) is 11.6 Å². The van der Waals surface area contributed by atoms with Crippen molar-refractivity contribution in [1.82, 2.24) is 24.6 Å². The monoisotopic (exact) mass is 451 g/mol. The highest BCUT2D eigenvalue weighted by atomic mass is 35.5. The van der Waals surface area contributed by atoms with E-state index in [1.807, 2.05) is 47.5 Å². The van der Waals surface area contributed by atoms with Crippen molar-refractivity contribution in [3.63, 3.8) is 0 Å². The molecule has 2 aliphatic rings. The van der Waals surface area contributed by atoms with Gasteiger partial charge < -0.3 is 14.7 Å². The van der Waals surface area contributed by atoms with Gasteiger partial charge in [-0.3, -0.25) is 4.79 Å². The Morgan fingerprint density at radius 2 is 1.75 bits per heavy atom. The highest BCUT2D eigenvalue weighted by Gasteiger charge is 2.31. The Balaban J connectivity index is 1.21. The van der Waals surface area contributed by atoms with Crippen LogP contribution in [-0.4, -0.2) is 69.8 Å². The summed E-state index contributed by atoms with van der Waals surface area (Å²) in [7, 11) is 0. The van der Waals surface area contributed by atoms with E-state index in [9.17, 15) is 4.79 Å². The van der Waals surface area contributed by atoms with Crippen LogP contribution in [0.25, 0.3) is 5.82 Å². The number of hydrogen-bond acceptors (Lipinski definition) is 6. The van der Waals surface area contributed by atoms with Crippen molar-refractivity contribution in [1.29, 1.82) is 0 Å². The second-order valence-corrected chi connectivity index (χ2v) is 8.70. The Morgan fingerprint density at radius 1 is 0.969 bits per heavy atom. The molecular weight excluding hydrogens is 426 g/mol. The quantitative estimate of drug-likeness (QED) is 0.607. The molecular formula is C23H26ClN7O. The molecule has 1 atom stereocenters. The van der Waals surface area contributed by atoms with Crippen molar-refractivity contribution in [2.75, 3.05) is 49.1 Å². The number of carbonyl (C=O) groups is 1. The summed E-state index contributed by atoms with van der Waals surface area (Å²) in [5, 5.41) is 4.99. The van der Waals surface area contributed by atoms with Gasteiger partial charge in [0.05, 0.1) is 5.92 Å². The van der Waals surface area contributed by atoms with Gasteiger partial charge in [0.15, 0.2) is 5.82 Å². The number of piperazine rings is 1. The van der Waals surface area contributed by atoms with Crippen LogP contribution in [0.1, 0.15) is 12.8 Å². The van der Waals surface area contributed by atoms with E-state index in [1.54, 1.807) is 17.2 Å². The van der Waals surface area contributed by atoms with Gasteiger partial charge in [-0.25, -0.2) is 14.6 Å². The Labute approximate surface area is 192 Å². The molecule has 1 aromatic carbocycles. The first-order valence-corrected chi connectivity index (χ1v) is 11.4. The lowest BCUT2D eigenvalue weighted by atomic mass is 9.96. The van der Waals surface area contributed by atoms with Crippen molar-refractivity contribution in [3.05, 3.63) is 60.1 Å². The molecule has 0 aliphatic carbocycles. The van der Waals surface area contributed by atoms with Crippen LogP contribution in [0.3, 0.4) is 0 Å². The first-order valence-electron chi connectivity index (χ1n) is 11.0. The first-order chi connectivity index (χ1) is 15.7. The summed E-state index contributed by atoms with van der Waals surface area (Å²) in [6.45, 7) is 4.74. The molecule has 0 radical (unpaired) electrons. The fourth-order valence-electron chi connectivity index (χ4n) is 4.52. The topological polar surface area (TPSA) is 70.4 Å². The van der Waals surface area contributed by atoms with Crippen molar-refractivity contribution in [3.8, 4) is 5.82 Å². The number of piperidine rings is 1. The number of halogens is 1. The Morgan fingerprint density at radius 3 is 2.50 bits per heavy atom. The third-order valence-electron chi connectivity index (χ3n) is 6.26. The number of amides is 1. The molecule has 2 aromatic heterocycles. The molecule has 4 heterocycles. The summed E-state index contributed by atoms with van der Waals surface area (Å²) >= 11 is 6.00. The van der Waals surface area contributed by atoms with E-state index in [0.29, 0.717) is 6.54 Å². The zero-order chi connectivity index (χ0) is 21.9. The summed E-state index contributed by atoms with van der Waals surface area (Å²) in [5.41, 5.74) is 1.15. The van der Waals surface area contributed by atoms with E-state index >= 15 is 0 Å². The Bertz CT molecular complexity index is 1050. The number of benzene rings is 1. The van der Waals surface area contributed by atoms with Crippen LogP contribution in [0.5, 0.6) is 0 Å². The maximum Gasteiger partial charge on any atom is 0.227 e. The molecule has 0 spiro atoms. The summed E-state index contributed by atoms with van der Waals surface area (Å²) in [6.07, 6.45) is 7.04. The average Bonchev–Trinajstić information content (AvgIpc) is 3.40. The molecule has 0 saturated carbocycles. The average molecular weight is 452 g/mol. The minimum Gasteiger partial charge on any atom is -0.368 e. The predicted molar refractivity (Wildman–Crippen MR) is 124 cm³/mol. The molecule has 1 unspecified atom stereocenters. The van der Waals surface area contributed by atoms with Crippen LogP contribution in [0.15, 0.2) is 55.1 Å². The number of aromatic nitrogens is 4. The van der Waals surface area contributed by atoms with Crippen LogP contribution in [-0.2, 0) is 4.79 Å². The molecule has 8 nitrogen and oxygen atoms in total. The molecule has 1 amide bonds. The standard InChI is InChI=1S/C23H26ClN7O/c24-19-4-6-20(7-5-19)28-11-13-29(14-12-28)23(32)18-3-1-9-30(16-18)21-15-22(26-17-25-21)31-10-2-8-27-31/h2,4-8,10,15,17-18H,1,3,9,11-14,16H2. The minimum atomic E-state index is -0.00560. The summed E-state index contributed by atoms with van der Waals surface area (Å²) in [5.74, 6) is 1.82. The lowest BCUT2D eigenvalue weighted by molar-refractivity contribution is -0.136. The van der Waals surface area contributed by atoms with Crippen LogP contribution < -0.4 is 9.80 Å². The van der Waals surface area contributed by atoms with Crippen LogP contribution in [0.2, 0.25) is 5.02 Å². The number of hydrogen-bond donors (Lipinski definition) is 0. The van der Waals surface area contributed by atoms with Gasteiger partial charge in [-0.15, -0.1) is 0 Å². The molecule has 2 fully saturated rings. The smallest absolute Gasteiger partial charge is 0.227 e. The van der Waals surface area contributed by atoms with Crippen molar-refractivity contribution in [2.45, 2.75) is 12.8 Å². The maximum atomic E-state index is 13.3. The summed E-state index contributed by atoms with van der Waals surface area (Å²) in [6, 6.07) is 11.7. The Hall–Kier alpha value is -3.13. The lowest BCUT2D eigenvalue weighted by Gasteiger charge is -2.40.